The van der Waals surface area contributed by atoms with Crippen molar-refractivity contribution in [1.29, 1.82) is 0 Å². The summed E-state index contributed by atoms with van der Waals surface area (Å²) in [6.45, 7) is 3.54. The zero-order valence-corrected chi connectivity index (χ0v) is 10.6. The van der Waals surface area contributed by atoms with E-state index in [1.807, 2.05) is 6.07 Å². The van der Waals surface area contributed by atoms with E-state index in [0.29, 0.717) is 5.69 Å². The lowest BCUT2D eigenvalue weighted by Crippen LogP contribution is -2.38. The van der Waals surface area contributed by atoms with E-state index in [9.17, 15) is 9.59 Å². The Morgan fingerprint density at radius 2 is 2.00 bits per heavy atom. The van der Waals surface area contributed by atoms with Gasteiger partial charge in [0.15, 0.2) is 0 Å². The molecule has 0 aromatic heterocycles. The molecule has 1 aromatic carbocycles. The third-order valence-electron chi connectivity index (χ3n) is 2.70. The molecule has 0 aliphatic rings. The fourth-order valence-electron chi connectivity index (χ4n) is 1.70. The summed E-state index contributed by atoms with van der Waals surface area (Å²) >= 11 is 0. The minimum absolute atomic E-state index is 0.134. The molecule has 0 spiro atoms. The summed E-state index contributed by atoms with van der Waals surface area (Å²) in [5.74, 6) is -0.891. The number of nitrogen functional groups attached to an aromatic ring is 1. The van der Waals surface area contributed by atoms with Crippen molar-refractivity contribution in [3.8, 4) is 0 Å². The molecule has 98 valence electrons. The van der Waals surface area contributed by atoms with E-state index in [2.05, 4.69) is 5.32 Å². The second kappa shape index (κ2) is 6.05. The molecule has 0 heterocycles. The number of hydrogen-bond donors (Lipinski definition) is 3. The molecule has 0 saturated heterocycles. The highest BCUT2D eigenvalue weighted by atomic mass is 16.2. The number of primary amides is 1. The predicted octanol–water partition coefficient (Wildman–Crippen LogP) is 0.752. The fraction of sp³-hybridized carbons (Fsp3) is 0.385. The van der Waals surface area contributed by atoms with Gasteiger partial charge in [0.1, 0.15) is 0 Å². The number of nitrogens with two attached hydrogens (primary N) is 2. The van der Waals surface area contributed by atoms with E-state index < -0.39 is 5.91 Å². The Balaban J connectivity index is 2.64. The fourth-order valence-corrected chi connectivity index (χ4v) is 1.70. The van der Waals surface area contributed by atoms with Gasteiger partial charge in [-0.3, -0.25) is 9.59 Å². The van der Waals surface area contributed by atoms with Crippen LogP contribution in [0.5, 0.6) is 0 Å². The third kappa shape index (κ3) is 4.08. The monoisotopic (exact) mass is 249 g/mol. The molecule has 0 radical (unpaired) electrons. The first-order valence-corrected chi connectivity index (χ1v) is 5.84. The molecule has 0 bridgehead atoms. The maximum atomic E-state index is 11.9. The van der Waals surface area contributed by atoms with Crippen LogP contribution in [0, 0.1) is 0 Å². The standard InChI is InChI=1S/C13H19N3O2/c1-8(6-12(15)17)16-13(18)9(2)10-4-3-5-11(14)7-10/h3-5,7-9H,6,14H2,1-2H3,(H2,15,17)(H,16,18). The highest BCUT2D eigenvalue weighted by molar-refractivity contribution is 5.84. The van der Waals surface area contributed by atoms with Crippen LogP contribution >= 0.6 is 0 Å². The minimum atomic E-state index is -0.431. The first kappa shape index (κ1) is 14.0. The minimum Gasteiger partial charge on any atom is -0.399 e. The average Bonchev–Trinajstić information content (AvgIpc) is 2.26. The van der Waals surface area contributed by atoms with Crippen molar-refractivity contribution in [2.45, 2.75) is 32.2 Å². The highest BCUT2D eigenvalue weighted by Gasteiger charge is 2.17. The molecule has 5 heteroatoms. The Morgan fingerprint density at radius 3 is 2.56 bits per heavy atom. The second-order valence-corrected chi connectivity index (χ2v) is 4.47. The summed E-state index contributed by atoms with van der Waals surface area (Å²) < 4.78 is 0. The van der Waals surface area contributed by atoms with Gasteiger partial charge >= 0.3 is 0 Å². The van der Waals surface area contributed by atoms with Gasteiger partial charge in [0.25, 0.3) is 0 Å². The molecular weight excluding hydrogens is 230 g/mol. The predicted molar refractivity (Wildman–Crippen MR) is 70.7 cm³/mol. The van der Waals surface area contributed by atoms with Gasteiger partial charge in [-0.05, 0) is 31.5 Å². The normalized spacial score (nSPS) is 13.7. The highest BCUT2D eigenvalue weighted by Crippen LogP contribution is 2.18. The van der Waals surface area contributed by atoms with E-state index in [1.165, 1.54) is 0 Å². The zero-order chi connectivity index (χ0) is 13.7. The topological polar surface area (TPSA) is 98.2 Å². The third-order valence-corrected chi connectivity index (χ3v) is 2.70. The molecular formula is C13H19N3O2. The SMILES string of the molecule is CC(CC(N)=O)NC(=O)C(C)c1cccc(N)c1. The van der Waals surface area contributed by atoms with Crippen LogP contribution in [0.3, 0.4) is 0 Å². The summed E-state index contributed by atoms with van der Waals surface area (Å²) in [4.78, 5) is 22.7. The average molecular weight is 249 g/mol. The molecule has 5 nitrogen and oxygen atoms in total. The molecule has 2 amide bonds. The summed E-state index contributed by atoms with van der Waals surface area (Å²) in [5.41, 5.74) is 12.2. The van der Waals surface area contributed by atoms with Gasteiger partial charge in [0, 0.05) is 18.2 Å². The van der Waals surface area contributed by atoms with Crippen molar-refractivity contribution in [2.75, 3.05) is 5.73 Å². The smallest absolute Gasteiger partial charge is 0.227 e. The molecule has 1 aromatic rings. The van der Waals surface area contributed by atoms with Crippen LogP contribution in [0.25, 0.3) is 0 Å². The van der Waals surface area contributed by atoms with Crippen molar-refractivity contribution in [3.05, 3.63) is 29.8 Å². The quantitative estimate of drug-likeness (QED) is 0.671. The van der Waals surface area contributed by atoms with E-state index >= 15 is 0 Å². The first-order chi connectivity index (χ1) is 8.40. The zero-order valence-electron chi connectivity index (χ0n) is 10.6. The number of anilines is 1. The van der Waals surface area contributed by atoms with Crippen LogP contribution in [0.1, 0.15) is 31.7 Å². The number of nitrogens with one attached hydrogen (secondary N) is 1. The van der Waals surface area contributed by atoms with Crippen molar-refractivity contribution < 1.29 is 9.59 Å². The van der Waals surface area contributed by atoms with Gasteiger partial charge in [-0.15, -0.1) is 0 Å². The van der Waals surface area contributed by atoms with Crippen molar-refractivity contribution >= 4 is 17.5 Å². The van der Waals surface area contributed by atoms with E-state index in [-0.39, 0.29) is 24.3 Å². The van der Waals surface area contributed by atoms with E-state index in [4.69, 9.17) is 11.5 Å². The Bertz CT molecular complexity index is 446. The Labute approximate surface area is 107 Å². The second-order valence-electron chi connectivity index (χ2n) is 4.47. The lowest BCUT2D eigenvalue weighted by Gasteiger charge is -2.17. The van der Waals surface area contributed by atoms with Crippen LogP contribution in [-0.4, -0.2) is 17.9 Å². The van der Waals surface area contributed by atoms with Gasteiger partial charge < -0.3 is 16.8 Å². The number of rotatable bonds is 5. The lowest BCUT2D eigenvalue weighted by atomic mass is 9.99. The number of amides is 2. The van der Waals surface area contributed by atoms with Crippen LogP contribution in [0.2, 0.25) is 0 Å². The summed E-state index contributed by atoms with van der Waals surface area (Å²) in [6, 6.07) is 6.92. The van der Waals surface area contributed by atoms with Crippen LogP contribution in [-0.2, 0) is 9.59 Å². The lowest BCUT2D eigenvalue weighted by molar-refractivity contribution is -0.123. The van der Waals surface area contributed by atoms with Gasteiger partial charge in [0.2, 0.25) is 11.8 Å². The van der Waals surface area contributed by atoms with Gasteiger partial charge in [-0.25, -0.2) is 0 Å². The number of carbonyl (C=O) groups excluding carboxylic acids is 2. The summed E-state index contributed by atoms with van der Waals surface area (Å²) in [7, 11) is 0. The number of carbonyl (C=O) groups is 2. The molecule has 0 saturated carbocycles. The first-order valence-electron chi connectivity index (χ1n) is 5.84. The maximum Gasteiger partial charge on any atom is 0.227 e. The molecule has 18 heavy (non-hydrogen) atoms. The molecule has 0 aliphatic heterocycles. The molecule has 0 aliphatic carbocycles. The van der Waals surface area contributed by atoms with Crippen LogP contribution < -0.4 is 16.8 Å². The van der Waals surface area contributed by atoms with Gasteiger partial charge in [-0.1, -0.05) is 12.1 Å². The van der Waals surface area contributed by atoms with E-state index in [1.54, 1.807) is 32.0 Å². The van der Waals surface area contributed by atoms with Gasteiger partial charge in [-0.2, -0.15) is 0 Å². The van der Waals surface area contributed by atoms with Crippen LogP contribution in [0.4, 0.5) is 5.69 Å². The Morgan fingerprint density at radius 1 is 1.33 bits per heavy atom. The summed E-state index contributed by atoms with van der Waals surface area (Å²) in [6.07, 6.45) is 0.134. The van der Waals surface area contributed by atoms with Crippen molar-refractivity contribution in [1.82, 2.24) is 5.32 Å². The Kier molecular flexibility index (Phi) is 4.71. The molecule has 1 rings (SSSR count). The summed E-state index contributed by atoms with van der Waals surface area (Å²) in [5, 5.41) is 2.75. The number of hydrogen-bond acceptors (Lipinski definition) is 3. The molecule has 5 N–H and O–H groups in total. The van der Waals surface area contributed by atoms with E-state index in [0.717, 1.165) is 5.56 Å². The largest absolute Gasteiger partial charge is 0.399 e. The molecule has 2 atom stereocenters. The Hall–Kier alpha value is -2.04. The number of benzene rings is 1. The van der Waals surface area contributed by atoms with Crippen molar-refractivity contribution in [2.24, 2.45) is 5.73 Å². The van der Waals surface area contributed by atoms with Crippen LogP contribution in [0.15, 0.2) is 24.3 Å². The molecule has 2 unspecified atom stereocenters. The van der Waals surface area contributed by atoms with Gasteiger partial charge in [0.05, 0.1) is 5.92 Å². The maximum absolute atomic E-state index is 11.9. The molecule has 0 fully saturated rings. The van der Waals surface area contributed by atoms with Crippen molar-refractivity contribution in [3.63, 3.8) is 0 Å².